The molecule has 0 radical (unpaired) electrons. The summed E-state index contributed by atoms with van der Waals surface area (Å²) in [6.07, 6.45) is 0. The third kappa shape index (κ3) is 4.33. The van der Waals surface area contributed by atoms with Crippen molar-refractivity contribution >= 4 is 27.9 Å². The topological polar surface area (TPSA) is 76.7 Å². The number of ether oxygens (including phenoxy) is 2. The van der Waals surface area contributed by atoms with Gasteiger partial charge >= 0.3 is 12.0 Å². The van der Waals surface area contributed by atoms with Gasteiger partial charge in [-0.1, -0.05) is 34.1 Å². The van der Waals surface area contributed by atoms with Crippen LogP contribution in [0.3, 0.4) is 0 Å². The standard InChI is InChI=1S/C16H19BrN2O4/c1-3-22-8-9-23-15(20)13-10(2)18-16(21)19-14(13)11-6-4-5-7-12(11)17/h4-7,14H,3,8-9H2,1-2H3,(H2,18,19,21)/t14-/m0/s1. The zero-order valence-corrected chi connectivity index (χ0v) is 14.6. The smallest absolute Gasteiger partial charge is 0.338 e. The van der Waals surface area contributed by atoms with Crippen molar-refractivity contribution in [1.29, 1.82) is 0 Å². The van der Waals surface area contributed by atoms with Gasteiger partial charge in [0.2, 0.25) is 0 Å². The van der Waals surface area contributed by atoms with Crippen LogP contribution >= 0.6 is 15.9 Å². The van der Waals surface area contributed by atoms with Gasteiger partial charge in [0, 0.05) is 16.8 Å². The Hall–Kier alpha value is -1.86. The molecule has 2 N–H and O–H groups in total. The number of rotatable bonds is 6. The fourth-order valence-corrected chi connectivity index (χ4v) is 2.84. The van der Waals surface area contributed by atoms with Crippen molar-refractivity contribution in [3.63, 3.8) is 0 Å². The zero-order valence-electron chi connectivity index (χ0n) is 13.0. The van der Waals surface area contributed by atoms with Gasteiger partial charge in [-0.2, -0.15) is 0 Å². The lowest BCUT2D eigenvalue weighted by atomic mass is 9.95. The van der Waals surface area contributed by atoms with Gasteiger partial charge in [0.15, 0.2) is 0 Å². The highest BCUT2D eigenvalue weighted by Crippen LogP contribution is 2.32. The van der Waals surface area contributed by atoms with Crippen LogP contribution in [0, 0.1) is 0 Å². The van der Waals surface area contributed by atoms with Gasteiger partial charge in [0.1, 0.15) is 6.61 Å². The van der Waals surface area contributed by atoms with Crippen molar-refractivity contribution in [1.82, 2.24) is 10.6 Å². The Kier molecular flexibility index (Phi) is 6.18. The molecule has 0 spiro atoms. The molecule has 0 unspecified atom stereocenters. The molecule has 1 atom stereocenters. The Morgan fingerprint density at radius 3 is 2.74 bits per heavy atom. The van der Waals surface area contributed by atoms with Gasteiger partial charge < -0.3 is 20.1 Å². The number of amides is 2. The number of urea groups is 1. The first-order chi connectivity index (χ1) is 11.0. The molecule has 0 aliphatic carbocycles. The molecule has 1 aliphatic rings. The van der Waals surface area contributed by atoms with Crippen LogP contribution in [0.4, 0.5) is 4.79 Å². The molecular weight excluding hydrogens is 364 g/mol. The number of hydrogen-bond acceptors (Lipinski definition) is 4. The predicted molar refractivity (Wildman–Crippen MR) is 88.7 cm³/mol. The summed E-state index contributed by atoms with van der Waals surface area (Å²) in [4.78, 5) is 24.2. The summed E-state index contributed by atoms with van der Waals surface area (Å²) < 4.78 is 11.2. The second-order valence-corrected chi connectivity index (χ2v) is 5.78. The average Bonchev–Trinajstić information content (AvgIpc) is 2.51. The summed E-state index contributed by atoms with van der Waals surface area (Å²) in [5, 5.41) is 5.38. The minimum atomic E-state index is -0.570. The van der Waals surface area contributed by atoms with E-state index < -0.39 is 12.0 Å². The van der Waals surface area contributed by atoms with Gasteiger partial charge in [0.05, 0.1) is 18.2 Å². The molecule has 1 aliphatic heterocycles. The van der Waals surface area contributed by atoms with E-state index in [2.05, 4.69) is 26.6 Å². The quantitative estimate of drug-likeness (QED) is 0.585. The first-order valence-electron chi connectivity index (χ1n) is 7.32. The third-order valence-electron chi connectivity index (χ3n) is 3.37. The normalized spacial score (nSPS) is 17.5. The second kappa shape index (κ2) is 8.12. The highest BCUT2D eigenvalue weighted by molar-refractivity contribution is 9.10. The molecule has 0 aromatic heterocycles. The number of nitrogens with one attached hydrogen (secondary N) is 2. The molecule has 0 bridgehead atoms. The molecule has 23 heavy (non-hydrogen) atoms. The fourth-order valence-electron chi connectivity index (χ4n) is 2.32. The van der Waals surface area contributed by atoms with E-state index in [-0.39, 0.29) is 12.6 Å². The average molecular weight is 383 g/mol. The molecule has 2 rings (SSSR count). The monoisotopic (exact) mass is 382 g/mol. The van der Waals surface area contributed by atoms with Gasteiger partial charge in [0.25, 0.3) is 0 Å². The Morgan fingerprint density at radius 1 is 1.30 bits per heavy atom. The first-order valence-corrected chi connectivity index (χ1v) is 8.11. The Balaban J connectivity index is 2.25. The highest BCUT2D eigenvalue weighted by atomic mass is 79.9. The van der Waals surface area contributed by atoms with Crippen LogP contribution in [-0.4, -0.2) is 31.8 Å². The van der Waals surface area contributed by atoms with Crippen LogP contribution in [0.5, 0.6) is 0 Å². The molecule has 1 aromatic rings. The van der Waals surface area contributed by atoms with Crippen molar-refractivity contribution in [3.8, 4) is 0 Å². The predicted octanol–water partition coefficient (Wildman–Crippen LogP) is 2.66. The molecule has 0 saturated carbocycles. The largest absolute Gasteiger partial charge is 0.460 e. The Morgan fingerprint density at radius 2 is 2.04 bits per heavy atom. The number of hydrogen-bond donors (Lipinski definition) is 2. The van der Waals surface area contributed by atoms with Crippen LogP contribution in [-0.2, 0) is 14.3 Å². The summed E-state index contributed by atoms with van der Waals surface area (Å²) in [7, 11) is 0. The Labute approximate surface area is 143 Å². The van der Waals surface area contributed by atoms with E-state index in [4.69, 9.17) is 9.47 Å². The number of carbonyl (C=O) groups is 2. The summed E-state index contributed by atoms with van der Waals surface area (Å²) in [6, 6.07) is 6.50. The molecule has 1 aromatic carbocycles. The third-order valence-corrected chi connectivity index (χ3v) is 4.09. The van der Waals surface area contributed by atoms with Crippen LogP contribution in [0.2, 0.25) is 0 Å². The van der Waals surface area contributed by atoms with Crippen molar-refractivity contribution < 1.29 is 19.1 Å². The molecule has 2 amide bonds. The maximum atomic E-state index is 12.4. The maximum Gasteiger partial charge on any atom is 0.338 e. The lowest BCUT2D eigenvalue weighted by Gasteiger charge is -2.28. The van der Waals surface area contributed by atoms with Crippen LogP contribution in [0.15, 0.2) is 40.0 Å². The molecule has 7 heteroatoms. The van der Waals surface area contributed by atoms with Gasteiger partial charge in [-0.15, -0.1) is 0 Å². The highest BCUT2D eigenvalue weighted by Gasteiger charge is 2.33. The van der Waals surface area contributed by atoms with Crippen molar-refractivity contribution in [3.05, 3.63) is 45.6 Å². The first kappa shape index (κ1) is 17.5. The van der Waals surface area contributed by atoms with Gasteiger partial charge in [-0.3, -0.25) is 0 Å². The summed E-state index contributed by atoms with van der Waals surface area (Å²) in [5.41, 5.74) is 1.65. The molecule has 6 nitrogen and oxygen atoms in total. The number of carbonyl (C=O) groups excluding carboxylic acids is 2. The molecular formula is C16H19BrN2O4. The maximum absolute atomic E-state index is 12.4. The number of esters is 1. The van der Waals surface area contributed by atoms with E-state index in [9.17, 15) is 9.59 Å². The van der Waals surface area contributed by atoms with Crippen molar-refractivity contribution in [2.45, 2.75) is 19.9 Å². The number of benzene rings is 1. The lowest BCUT2D eigenvalue weighted by molar-refractivity contribution is -0.141. The molecule has 0 fully saturated rings. The van der Waals surface area contributed by atoms with E-state index in [1.165, 1.54) is 0 Å². The van der Waals surface area contributed by atoms with E-state index in [0.29, 0.717) is 24.5 Å². The van der Waals surface area contributed by atoms with E-state index >= 15 is 0 Å². The summed E-state index contributed by atoms with van der Waals surface area (Å²) >= 11 is 3.46. The van der Waals surface area contributed by atoms with E-state index in [1.54, 1.807) is 6.92 Å². The summed E-state index contributed by atoms with van der Waals surface area (Å²) in [6.45, 7) is 4.63. The summed E-state index contributed by atoms with van der Waals surface area (Å²) in [5.74, 6) is -0.476. The van der Waals surface area contributed by atoms with Crippen LogP contribution < -0.4 is 10.6 Å². The SMILES string of the molecule is CCOCCOC(=O)C1=C(C)NC(=O)N[C@H]1c1ccccc1Br. The minimum Gasteiger partial charge on any atom is -0.460 e. The number of allylic oxidation sites excluding steroid dienone is 1. The lowest BCUT2D eigenvalue weighted by Crippen LogP contribution is -2.45. The van der Waals surface area contributed by atoms with Gasteiger partial charge in [-0.05, 0) is 25.5 Å². The van der Waals surface area contributed by atoms with E-state index in [1.807, 2.05) is 31.2 Å². The Bertz CT molecular complexity index is 630. The van der Waals surface area contributed by atoms with Crippen molar-refractivity contribution in [2.24, 2.45) is 0 Å². The minimum absolute atomic E-state index is 0.167. The van der Waals surface area contributed by atoms with Crippen LogP contribution in [0.1, 0.15) is 25.5 Å². The number of halogens is 1. The fraction of sp³-hybridized carbons (Fsp3) is 0.375. The van der Waals surface area contributed by atoms with Crippen molar-refractivity contribution in [2.75, 3.05) is 19.8 Å². The molecule has 1 heterocycles. The second-order valence-electron chi connectivity index (χ2n) is 4.92. The van der Waals surface area contributed by atoms with Gasteiger partial charge in [-0.25, -0.2) is 9.59 Å². The van der Waals surface area contributed by atoms with E-state index in [0.717, 1.165) is 10.0 Å². The zero-order chi connectivity index (χ0) is 16.8. The molecule has 0 saturated heterocycles. The van der Waals surface area contributed by atoms with Crippen LogP contribution in [0.25, 0.3) is 0 Å². The molecule has 124 valence electrons.